The molecule has 0 saturated heterocycles. The number of nitrogens with one attached hydrogen (secondary N) is 1. The number of halogens is 2. The van der Waals surface area contributed by atoms with Crippen molar-refractivity contribution in [2.24, 2.45) is 0 Å². The number of hydrogen-bond donors (Lipinski definition) is 1. The van der Waals surface area contributed by atoms with Crippen LogP contribution in [0.2, 0.25) is 0 Å². The van der Waals surface area contributed by atoms with Gasteiger partial charge in [-0.05, 0) is 35.9 Å². The molecule has 0 bridgehead atoms. The average molecular weight is 305 g/mol. The van der Waals surface area contributed by atoms with E-state index in [2.05, 4.69) is 10.1 Å². The molecule has 6 heteroatoms. The number of hydrogen-bond acceptors (Lipinski definition) is 3. The number of carbonyl (C=O) groups excluding carboxylic acids is 1. The molecule has 1 amide bonds. The number of ether oxygens (including phenoxy) is 2. The molecule has 0 aliphatic carbocycles. The van der Waals surface area contributed by atoms with Gasteiger partial charge in [-0.1, -0.05) is 18.2 Å². The third-order valence-corrected chi connectivity index (χ3v) is 3.29. The number of anilines is 1. The van der Waals surface area contributed by atoms with Gasteiger partial charge in [-0.25, -0.2) is 0 Å². The topological polar surface area (TPSA) is 47.6 Å². The summed E-state index contributed by atoms with van der Waals surface area (Å²) in [5.74, 6) is 0.472. The van der Waals surface area contributed by atoms with Crippen molar-refractivity contribution in [3.05, 3.63) is 54.1 Å². The quantitative estimate of drug-likeness (QED) is 0.943. The molecular formula is C16H13F2NO3. The monoisotopic (exact) mass is 305 g/mol. The fraction of sp³-hybridized carbons (Fsp3) is 0.188. The van der Waals surface area contributed by atoms with Crippen molar-refractivity contribution in [1.29, 1.82) is 0 Å². The smallest absolute Gasteiger partial charge is 0.387 e. The maximum absolute atomic E-state index is 12.2. The first-order valence-corrected chi connectivity index (χ1v) is 6.72. The lowest BCUT2D eigenvalue weighted by atomic mass is 10.1. The van der Waals surface area contributed by atoms with Gasteiger partial charge in [0.05, 0.1) is 0 Å². The van der Waals surface area contributed by atoms with Gasteiger partial charge in [0, 0.05) is 12.1 Å². The van der Waals surface area contributed by atoms with Gasteiger partial charge in [-0.2, -0.15) is 8.78 Å². The number of amides is 1. The van der Waals surface area contributed by atoms with Crippen LogP contribution in [0.25, 0.3) is 0 Å². The van der Waals surface area contributed by atoms with Crippen molar-refractivity contribution in [2.75, 3.05) is 5.32 Å². The molecule has 1 aliphatic rings. The van der Waals surface area contributed by atoms with E-state index in [1.54, 1.807) is 0 Å². The van der Waals surface area contributed by atoms with Gasteiger partial charge in [0.2, 0.25) is 0 Å². The summed E-state index contributed by atoms with van der Waals surface area (Å²) < 4.78 is 33.9. The minimum absolute atomic E-state index is 0.0394. The van der Waals surface area contributed by atoms with Gasteiger partial charge in [-0.15, -0.1) is 0 Å². The zero-order valence-electron chi connectivity index (χ0n) is 11.5. The molecule has 114 valence electrons. The number of para-hydroxylation sites is 1. The van der Waals surface area contributed by atoms with Gasteiger partial charge >= 0.3 is 6.61 Å². The number of fused-ring (bicyclic) bond motifs is 1. The lowest BCUT2D eigenvalue weighted by molar-refractivity contribution is -0.122. The minimum Gasteiger partial charge on any atom is -0.480 e. The molecular weight excluding hydrogens is 292 g/mol. The van der Waals surface area contributed by atoms with Crippen LogP contribution in [0.4, 0.5) is 14.5 Å². The fourth-order valence-electron chi connectivity index (χ4n) is 2.27. The van der Waals surface area contributed by atoms with Gasteiger partial charge < -0.3 is 14.8 Å². The SMILES string of the molecule is O=C(Nc1ccc(OC(F)F)cc1)[C@H]1Cc2ccccc2O1. The maximum Gasteiger partial charge on any atom is 0.387 e. The first-order chi connectivity index (χ1) is 10.6. The summed E-state index contributed by atoms with van der Waals surface area (Å²) >= 11 is 0. The Balaban J connectivity index is 1.61. The van der Waals surface area contributed by atoms with Crippen molar-refractivity contribution >= 4 is 11.6 Å². The Morgan fingerprint density at radius 3 is 2.59 bits per heavy atom. The molecule has 0 saturated carbocycles. The van der Waals surface area contributed by atoms with Crippen LogP contribution in [0.3, 0.4) is 0 Å². The van der Waals surface area contributed by atoms with Gasteiger partial charge in [0.15, 0.2) is 6.10 Å². The number of alkyl halides is 2. The van der Waals surface area contributed by atoms with Crippen LogP contribution in [0.15, 0.2) is 48.5 Å². The van der Waals surface area contributed by atoms with Gasteiger partial charge in [0.25, 0.3) is 5.91 Å². The highest BCUT2D eigenvalue weighted by Crippen LogP contribution is 2.28. The Morgan fingerprint density at radius 1 is 1.18 bits per heavy atom. The van der Waals surface area contributed by atoms with Crippen molar-refractivity contribution < 1.29 is 23.0 Å². The highest BCUT2D eigenvalue weighted by molar-refractivity contribution is 5.95. The van der Waals surface area contributed by atoms with E-state index in [4.69, 9.17) is 4.74 Å². The second-order valence-electron chi connectivity index (χ2n) is 4.81. The molecule has 0 aromatic heterocycles. The molecule has 1 N–H and O–H groups in total. The molecule has 2 aromatic rings. The van der Waals surface area contributed by atoms with Crippen LogP contribution < -0.4 is 14.8 Å². The molecule has 22 heavy (non-hydrogen) atoms. The van der Waals surface area contributed by atoms with Gasteiger partial charge in [0.1, 0.15) is 11.5 Å². The largest absolute Gasteiger partial charge is 0.480 e. The van der Waals surface area contributed by atoms with Gasteiger partial charge in [-0.3, -0.25) is 4.79 Å². The van der Waals surface area contributed by atoms with E-state index in [0.29, 0.717) is 17.9 Å². The Kier molecular flexibility index (Phi) is 3.91. The Morgan fingerprint density at radius 2 is 1.91 bits per heavy atom. The second-order valence-corrected chi connectivity index (χ2v) is 4.81. The van der Waals surface area contributed by atoms with Crippen molar-refractivity contribution in [3.8, 4) is 11.5 Å². The molecule has 1 heterocycles. The van der Waals surface area contributed by atoms with Crippen LogP contribution in [-0.4, -0.2) is 18.6 Å². The first-order valence-electron chi connectivity index (χ1n) is 6.72. The van der Waals surface area contributed by atoms with E-state index < -0.39 is 12.7 Å². The Hall–Kier alpha value is -2.63. The predicted octanol–water partition coefficient (Wildman–Crippen LogP) is 3.23. The predicted molar refractivity (Wildman–Crippen MR) is 76.3 cm³/mol. The fourth-order valence-corrected chi connectivity index (χ4v) is 2.27. The molecule has 1 atom stereocenters. The molecule has 3 rings (SSSR count). The van der Waals surface area contributed by atoms with Crippen LogP contribution in [0.5, 0.6) is 11.5 Å². The molecule has 0 spiro atoms. The van der Waals surface area contributed by atoms with Crippen molar-refractivity contribution in [2.45, 2.75) is 19.1 Å². The van der Waals surface area contributed by atoms with Crippen molar-refractivity contribution in [3.63, 3.8) is 0 Å². The second kappa shape index (κ2) is 6.01. The van der Waals surface area contributed by atoms with Crippen LogP contribution in [0.1, 0.15) is 5.56 Å². The molecule has 0 radical (unpaired) electrons. The number of carbonyl (C=O) groups is 1. The molecule has 4 nitrogen and oxygen atoms in total. The highest BCUT2D eigenvalue weighted by atomic mass is 19.3. The molecule has 2 aromatic carbocycles. The minimum atomic E-state index is -2.87. The van der Waals surface area contributed by atoms with E-state index in [9.17, 15) is 13.6 Å². The Labute approximate surface area is 125 Å². The van der Waals surface area contributed by atoms with E-state index in [1.807, 2.05) is 24.3 Å². The third kappa shape index (κ3) is 3.16. The normalized spacial score (nSPS) is 16.0. The zero-order chi connectivity index (χ0) is 15.5. The zero-order valence-corrected chi connectivity index (χ0v) is 11.5. The summed E-state index contributed by atoms with van der Waals surface area (Å²) in [6.45, 7) is -2.87. The lowest BCUT2D eigenvalue weighted by Gasteiger charge is -2.12. The number of benzene rings is 2. The molecule has 0 unspecified atom stereocenters. The van der Waals surface area contributed by atoms with E-state index in [0.717, 1.165) is 5.56 Å². The highest BCUT2D eigenvalue weighted by Gasteiger charge is 2.28. The third-order valence-electron chi connectivity index (χ3n) is 3.29. The molecule has 1 aliphatic heterocycles. The lowest BCUT2D eigenvalue weighted by Crippen LogP contribution is -2.31. The van der Waals surface area contributed by atoms with E-state index in [-0.39, 0.29) is 11.7 Å². The summed E-state index contributed by atoms with van der Waals surface area (Å²) in [6.07, 6.45) is -0.0800. The summed E-state index contributed by atoms with van der Waals surface area (Å²) in [5, 5.41) is 2.69. The maximum atomic E-state index is 12.2. The standard InChI is InChI=1S/C16H13F2NO3/c17-16(18)21-12-7-5-11(6-8-12)19-15(20)14-9-10-3-1-2-4-13(10)22-14/h1-8,14,16H,9H2,(H,19,20)/t14-/m1/s1. The summed E-state index contributed by atoms with van der Waals surface area (Å²) in [7, 11) is 0. The Bertz CT molecular complexity index is 648. The molecule has 0 fully saturated rings. The summed E-state index contributed by atoms with van der Waals surface area (Å²) in [6, 6.07) is 13.2. The average Bonchev–Trinajstić information content (AvgIpc) is 2.93. The van der Waals surface area contributed by atoms with E-state index in [1.165, 1.54) is 24.3 Å². The first kappa shape index (κ1) is 14.3. The van der Waals surface area contributed by atoms with E-state index >= 15 is 0 Å². The summed E-state index contributed by atoms with van der Waals surface area (Å²) in [5.41, 5.74) is 1.48. The van der Waals surface area contributed by atoms with Crippen LogP contribution in [-0.2, 0) is 11.2 Å². The summed E-state index contributed by atoms with van der Waals surface area (Å²) in [4.78, 5) is 12.2. The van der Waals surface area contributed by atoms with Crippen molar-refractivity contribution in [1.82, 2.24) is 0 Å². The van der Waals surface area contributed by atoms with Crippen LogP contribution in [0, 0.1) is 0 Å². The van der Waals surface area contributed by atoms with Crippen LogP contribution >= 0.6 is 0 Å². The number of rotatable bonds is 4.